The Labute approximate surface area is 180 Å². The fourth-order valence-corrected chi connectivity index (χ4v) is 3.65. The molecule has 0 aliphatic heterocycles. The third-order valence-electron chi connectivity index (χ3n) is 5.26. The molecule has 7 nitrogen and oxygen atoms in total. The van der Waals surface area contributed by atoms with Crippen LogP contribution in [0.15, 0.2) is 53.1 Å². The number of aliphatic carboxylic acids is 1. The number of carbonyl (C=O) groups is 1. The van der Waals surface area contributed by atoms with E-state index in [0.717, 1.165) is 65.7 Å². The molecule has 0 atom stereocenters. The fourth-order valence-electron chi connectivity index (χ4n) is 3.65. The van der Waals surface area contributed by atoms with Gasteiger partial charge in [-0.3, -0.25) is 4.79 Å². The van der Waals surface area contributed by atoms with Crippen LogP contribution >= 0.6 is 0 Å². The zero-order valence-electron chi connectivity index (χ0n) is 17.6. The number of carboxylic acids is 1. The number of hydrogen-bond donors (Lipinski definition) is 2. The van der Waals surface area contributed by atoms with Gasteiger partial charge < -0.3 is 24.1 Å². The predicted octanol–water partition coefficient (Wildman–Crippen LogP) is 5.01. The number of rotatable bonds is 11. The van der Waals surface area contributed by atoms with E-state index in [1.807, 2.05) is 42.5 Å². The molecular formula is C24H27N3O4. The summed E-state index contributed by atoms with van der Waals surface area (Å²) in [6.07, 6.45) is 4.71. The van der Waals surface area contributed by atoms with Crippen LogP contribution < -0.4 is 9.64 Å². The third-order valence-corrected chi connectivity index (χ3v) is 5.26. The quantitative estimate of drug-likeness (QED) is 0.331. The summed E-state index contributed by atoms with van der Waals surface area (Å²) in [4.78, 5) is 21.0. The van der Waals surface area contributed by atoms with Crippen molar-refractivity contribution in [3.8, 4) is 5.75 Å². The molecular weight excluding hydrogens is 394 g/mol. The number of nitrogens with zero attached hydrogens (tertiary/aromatic N) is 2. The molecule has 4 rings (SSSR count). The Balaban J connectivity index is 1.38. The number of oxazole rings is 1. The normalized spacial score (nSPS) is 11.3. The van der Waals surface area contributed by atoms with E-state index in [2.05, 4.69) is 21.8 Å². The lowest BCUT2D eigenvalue weighted by Gasteiger charge is -2.20. The Morgan fingerprint density at radius 1 is 1.19 bits per heavy atom. The Kier molecular flexibility index (Phi) is 6.40. The minimum atomic E-state index is -0.849. The Morgan fingerprint density at radius 3 is 2.84 bits per heavy atom. The van der Waals surface area contributed by atoms with Gasteiger partial charge in [-0.25, -0.2) is 0 Å². The average molecular weight is 421 g/mol. The molecule has 0 bridgehead atoms. The fraction of sp³-hybridized carbons (Fsp3) is 0.333. The number of para-hydroxylation sites is 2. The van der Waals surface area contributed by atoms with E-state index in [4.69, 9.17) is 14.3 Å². The van der Waals surface area contributed by atoms with E-state index in [9.17, 15) is 4.79 Å². The van der Waals surface area contributed by atoms with E-state index in [-0.39, 0.29) is 6.42 Å². The first-order valence-electron chi connectivity index (χ1n) is 10.7. The summed E-state index contributed by atoms with van der Waals surface area (Å²) in [5, 5.41) is 9.96. The van der Waals surface area contributed by atoms with Crippen LogP contribution in [0.1, 0.15) is 31.7 Å². The number of unbranched alkanes of at least 4 members (excludes halogenated alkanes) is 1. The minimum absolute atomic E-state index is 0.0135. The van der Waals surface area contributed by atoms with E-state index in [0.29, 0.717) is 12.6 Å². The Morgan fingerprint density at radius 2 is 2.03 bits per heavy atom. The SMILES string of the molecule is CCCCN(CCCOc1ccc2[nH]cc(CC(=O)O)c2c1)c1nc2ccccc2o1. The first-order valence-corrected chi connectivity index (χ1v) is 10.7. The van der Waals surface area contributed by atoms with Crippen LogP contribution in [-0.4, -0.2) is 40.7 Å². The average Bonchev–Trinajstić information content (AvgIpc) is 3.37. The number of ether oxygens (including phenoxy) is 1. The second-order valence-corrected chi connectivity index (χ2v) is 7.60. The van der Waals surface area contributed by atoms with Gasteiger partial charge in [0, 0.05) is 30.2 Å². The number of anilines is 1. The lowest BCUT2D eigenvalue weighted by Crippen LogP contribution is -2.27. The zero-order chi connectivity index (χ0) is 21.6. The summed E-state index contributed by atoms with van der Waals surface area (Å²) in [6.45, 7) is 4.39. The Hall–Kier alpha value is -3.48. The topological polar surface area (TPSA) is 91.6 Å². The van der Waals surface area contributed by atoms with Gasteiger partial charge in [0.2, 0.25) is 0 Å². The maximum atomic E-state index is 11.1. The van der Waals surface area contributed by atoms with Gasteiger partial charge in [-0.15, -0.1) is 0 Å². The number of nitrogens with one attached hydrogen (secondary N) is 1. The van der Waals surface area contributed by atoms with Crippen molar-refractivity contribution >= 4 is 34.0 Å². The van der Waals surface area contributed by atoms with E-state index in [1.54, 1.807) is 6.20 Å². The molecule has 0 aliphatic carbocycles. The van der Waals surface area contributed by atoms with Crippen molar-refractivity contribution in [2.24, 2.45) is 0 Å². The molecule has 2 aromatic carbocycles. The van der Waals surface area contributed by atoms with Crippen molar-refractivity contribution < 1.29 is 19.1 Å². The minimum Gasteiger partial charge on any atom is -0.494 e. The molecule has 0 saturated carbocycles. The molecule has 0 aliphatic rings. The molecule has 2 N–H and O–H groups in total. The van der Waals surface area contributed by atoms with Crippen LogP contribution in [0.2, 0.25) is 0 Å². The number of H-pyrrole nitrogens is 1. The van der Waals surface area contributed by atoms with Crippen molar-refractivity contribution in [1.29, 1.82) is 0 Å². The summed E-state index contributed by atoms with van der Waals surface area (Å²) in [5.41, 5.74) is 3.33. The van der Waals surface area contributed by atoms with Crippen LogP contribution in [0.25, 0.3) is 22.0 Å². The monoisotopic (exact) mass is 421 g/mol. The number of carboxylic acid groups (broad SMARTS) is 1. The van der Waals surface area contributed by atoms with E-state index >= 15 is 0 Å². The smallest absolute Gasteiger partial charge is 0.307 e. The highest BCUT2D eigenvalue weighted by Crippen LogP contribution is 2.25. The number of benzene rings is 2. The van der Waals surface area contributed by atoms with Crippen LogP contribution in [-0.2, 0) is 11.2 Å². The van der Waals surface area contributed by atoms with Crippen LogP contribution in [0.4, 0.5) is 6.01 Å². The van der Waals surface area contributed by atoms with Crippen LogP contribution in [0, 0.1) is 0 Å². The first-order chi connectivity index (χ1) is 15.1. The van der Waals surface area contributed by atoms with Crippen molar-refractivity contribution in [3.05, 3.63) is 54.2 Å². The molecule has 0 fully saturated rings. The Bertz CT molecular complexity index is 1130. The molecule has 4 aromatic rings. The molecule has 7 heteroatoms. The summed E-state index contributed by atoms with van der Waals surface area (Å²) < 4.78 is 11.9. The molecule has 0 saturated heterocycles. The molecule has 2 heterocycles. The molecule has 31 heavy (non-hydrogen) atoms. The maximum absolute atomic E-state index is 11.1. The second kappa shape index (κ2) is 9.55. The number of fused-ring (bicyclic) bond motifs is 2. The largest absolute Gasteiger partial charge is 0.494 e. The summed E-state index contributed by atoms with van der Waals surface area (Å²) in [5.74, 6) is -0.112. The lowest BCUT2D eigenvalue weighted by atomic mass is 10.1. The predicted molar refractivity (Wildman–Crippen MR) is 121 cm³/mol. The van der Waals surface area contributed by atoms with E-state index < -0.39 is 5.97 Å². The van der Waals surface area contributed by atoms with Gasteiger partial charge in [-0.1, -0.05) is 25.5 Å². The van der Waals surface area contributed by atoms with Crippen LogP contribution in [0.5, 0.6) is 5.75 Å². The standard InChI is InChI=1S/C24H27N3O4/c1-2-3-11-27(24-26-21-7-4-5-8-22(21)31-24)12-6-13-30-18-9-10-20-19(15-18)17(16-25-20)14-23(28)29/h4-5,7-10,15-16,25H,2-3,6,11-14H2,1H3,(H,28,29). The van der Waals surface area contributed by atoms with Gasteiger partial charge in [0.15, 0.2) is 5.58 Å². The summed E-state index contributed by atoms with van der Waals surface area (Å²) in [7, 11) is 0. The van der Waals surface area contributed by atoms with Gasteiger partial charge in [0.25, 0.3) is 6.01 Å². The highest BCUT2D eigenvalue weighted by atomic mass is 16.5. The van der Waals surface area contributed by atoms with Gasteiger partial charge >= 0.3 is 5.97 Å². The molecule has 162 valence electrons. The van der Waals surface area contributed by atoms with Gasteiger partial charge in [-0.05, 0) is 48.7 Å². The summed E-state index contributed by atoms with van der Waals surface area (Å²) in [6, 6.07) is 14.2. The molecule has 2 aromatic heterocycles. The highest BCUT2D eigenvalue weighted by Gasteiger charge is 2.14. The second-order valence-electron chi connectivity index (χ2n) is 7.60. The van der Waals surface area contributed by atoms with Crippen molar-refractivity contribution in [2.45, 2.75) is 32.6 Å². The van der Waals surface area contributed by atoms with Crippen molar-refractivity contribution in [1.82, 2.24) is 9.97 Å². The lowest BCUT2D eigenvalue weighted by molar-refractivity contribution is -0.136. The number of aromatic amines is 1. The van der Waals surface area contributed by atoms with Crippen molar-refractivity contribution in [2.75, 3.05) is 24.6 Å². The summed E-state index contributed by atoms with van der Waals surface area (Å²) >= 11 is 0. The third kappa shape index (κ3) is 4.99. The molecule has 0 radical (unpaired) electrons. The van der Waals surface area contributed by atoms with Crippen LogP contribution in [0.3, 0.4) is 0 Å². The molecule has 0 spiro atoms. The first kappa shape index (κ1) is 20.8. The maximum Gasteiger partial charge on any atom is 0.307 e. The van der Waals surface area contributed by atoms with Crippen molar-refractivity contribution in [3.63, 3.8) is 0 Å². The van der Waals surface area contributed by atoms with Gasteiger partial charge in [-0.2, -0.15) is 4.98 Å². The molecule has 0 unspecified atom stereocenters. The highest BCUT2D eigenvalue weighted by molar-refractivity contribution is 5.88. The van der Waals surface area contributed by atoms with Gasteiger partial charge in [0.05, 0.1) is 13.0 Å². The number of hydrogen-bond acceptors (Lipinski definition) is 5. The zero-order valence-corrected chi connectivity index (χ0v) is 17.6. The van der Waals surface area contributed by atoms with E-state index in [1.165, 1.54) is 0 Å². The number of aromatic nitrogens is 2. The van der Waals surface area contributed by atoms with Gasteiger partial charge in [0.1, 0.15) is 11.3 Å². The molecule has 0 amide bonds.